The van der Waals surface area contributed by atoms with Gasteiger partial charge in [-0.05, 0) is 25.7 Å². The summed E-state index contributed by atoms with van der Waals surface area (Å²) in [5.74, 6) is -0.461. The quantitative estimate of drug-likeness (QED) is 0.704. The van der Waals surface area contributed by atoms with Crippen LogP contribution in [0.4, 0.5) is 0 Å². The van der Waals surface area contributed by atoms with E-state index in [1.54, 1.807) is 0 Å². The van der Waals surface area contributed by atoms with Crippen molar-refractivity contribution in [2.75, 3.05) is 13.7 Å². The van der Waals surface area contributed by atoms with E-state index in [2.05, 4.69) is 0 Å². The van der Waals surface area contributed by atoms with Crippen LogP contribution in [-0.2, 0) is 14.3 Å². The van der Waals surface area contributed by atoms with Gasteiger partial charge >= 0.3 is 5.97 Å². The molecule has 0 bridgehead atoms. The average molecular weight is 240 g/mol. The lowest BCUT2D eigenvalue weighted by molar-refractivity contribution is -0.145. The van der Waals surface area contributed by atoms with Crippen LogP contribution < -0.4 is 5.73 Å². The largest absolute Gasteiger partial charge is 0.469 e. The highest BCUT2D eigenvalue weighted by atomic mass is 16.5. The van der Waals surface area contributed by atoms with Gasteiger partial charge in [0.2, 0.25) is 5.91 Å². The van der Waals surface area contributed by atoms with Gasteiger partial charge in [0.05, 0.1) is 13.0 Å². The number of carbonyl (C=O) groups excluding carboxylic acids is 2. The van der Waals surface area contributed by atoms with E-state index in [1.165, 1.54) is 7.11 Å². The van der Waals surface area contributed by atoms with Crippen LogP contribution in [0.15, 0.2) is 0 Å². The fourth-order valence-electron chi connectivity index (χ4n) is 2.82. The fraction of sp³-hybridized carbons (Fsp3) is 0.833. The molecule has 1 unspecified atom stereocenters. The molecule has 5 nitrogen and oxygen atoms in total. The predicted octanol–water partition coefficient (Wildman–Crippen LogP) is 0.278. The summed E-state index contributed by atoms with van der Waals surface area (Å²) in [5, 5.41) is 0. The van der Waals surface area contributed by atoms with E-state index < -0.39 is 0 Å². The summed E-state index contributed by atoms with van der Waals surface area (Å²) >= 11 is 0. The van der Waals surface area contributed by atoms with Gasteiger partial charge in [-0.15, -0.1) is 0 Å². The van der Waals surface area contributed by atoms with E-state index in [0.717, 1.165) is 25.7 Å². The Bertz CT molecular complexity index is 311. The van der Waals surface area contributed by atoms with Crippen LogP contribution in [0, 0.1) is 5.92 Å². The van der Waals surface area contributed by atoms with Gasteiger partial charge in [0, 0.05) is 25.0 Å². The van der Waals surface area contributed by atoms with Crippen molar-refractivity contribution in [1.29, 1.82) is 0 Å². The first kappa shape index (κ1) is 12.4. The first-order valence-corrected chi connectivity index (χ1v) is 6.24. The molecule has 2 rings (SSSR count). The minimum atomic E-state index is -0.275. The zero-order valence-electron chi connectivity index (χ0n) is 10.2. The Morgan fingerprint density at radius 3 is 2.59 bits per heavy atom. The van der Waals surface area contributed by atoms with Crippen molar-refractivity contribution in [3.8, 4) is 0 Å². The van der Waals surface area contributed by atoms with E-state index in [0.29, 0.717) is 13.0 Å². The minimum absolute atomic E-state index is 0.0841. The van der Waals surface area contributed by atoms with Crippen LogP contribution in [0.5, 0.6) is 0 Å². The van der Waals surface area contributed by atoms with Gasteiger partial charge < -0.3 is 15.4 Å². The zero-order valence-corrected chi connectivity index (χ0v) is 10.2. The molecule has 17 heavy (non-hydrogen) atoms. The molecule has 2 aliphatic rings. The summed E-state index contributed by atoms with van der Waals surface area (Å²) in [7, 11) is 1.37. The molecule has 1 saturated carbocycles. The third-order valence-electron chi connectivity index (χ3n) is 3.88. The molecule has 5 heteroatoms. The summed E-state index contributed by atoms with van der Waals surface area (Å²) in [5.41, 5.74) is 5.85. The third kappa shape index (κ3) is 2.60. The monoisotopic (exact) mass is 240 g/mol. The van der Waals surface area contributed by atoms with Gasteiger partial charge in [-0.1, -0.05) is 0 Å². The summed E-state index contributed by atoms with van der Waals surface area (Å²) in [6.45, 7) is 0.519. The molecule has 1 amide bonds. The molecule has 1 aliphatic carbocycles. The van der Waals surface area contributed by atoms with Crippen LogP contribution in [0.1, 0.15) is 32.1 Å². The molecule has 0 spiro atoms. The van der Waals surface area contributed by atoms with Crippen LogP contribution in [0.25, 0.3) is 0 Å². The number of nitrogens with zero attached hydrogens (tertiary/aromatic N) is 1. The topological polar surface area (TPSA) is 72.6 Å². The molecule has 0 aromatic heterocycles. The van der Waals surface area contributed by atoms with Crippen molar-refractivity contribution in [3.05, 3.63) is 0 Å². The number of ether oxygens (including phenoxy) is 1. The molecule has 0 radical (unpaired) electrons. The SMILES string of the molecule is COC(=O)C1CC(=O)N(C2CCC(N)CC2)C1. The smallest absolute Gasteiger partial charge is 0.310 e. The molecule has 0 aromatic rings. The standard InChI is InChI=1S/C12H20N2O3/c1-17-12(16)8-6-11(15)14(7-8)10-4-2-9(13)3-5-10/h8-10H,2-7,13H2,1H3. The van der Waals surface area contributed by atoms with Crippen molar-refractivity contribution in [2.45, 2.75) is 44.2 Å². The maximum Gasteiger partial charge on any atom is 0.310 e. The van der Waals surface area contributed by atoms with Crippen LogP contribution >= 0.6 is 0 Å². The highest BCUT2D eigenvalue weighted by Crippen LogP contribution is 2.28. The van der Waals surface area contributed by atoms with Crippen molar-refractivity contribution >= 4 is 11.9 Å². The maximum absolute atomic E-state index is 11.9. The van der Waals surface area contributed by atoms with E-state index in [-0.39, 0.29) is 29.9 Å². The normalized spacial score (nSPS) is 33.9. The van der Waals surface area contributed by atoms with Crippen molar-refractivity contribution in [3.63, 3.8) is 0 Å². The Morgan fingerprint density at radius 1 is 1.35 bits per heavy atom. The molecule has 96 valence electrons. The Morgan fingerprint density at radius 2 is 2.00 bits per heavy atom. The number of hydrogen-bond donors (Lipinski definition) is 1. The number of methoxy groups -OCH3 is 1. The number of likely N-dealkylation sites (tertiary alicyclic amines) is 1. The van der Waals surface area contributed by atoms with E-state index >= 15 is 0 Å². The number of esters is 1. The summed E-state index contributed by atoms with van der Waals surface area (Å²) in [6.07, 6.45) is 4.16. The lowest BCUT2D eigenvalue weighted by atomic mass is 9.91. The molecule has 2 fully saturated rings. The van der Waals surface area contributed by atoms with E-state index in [4.69, 9.17) is 10.5 Å². The number of carbonyl (C=O) groups is 2. The number of rotatable bonds is 2. The molecule has 0 aromatic carbocycles. The highest BCUT2D eigenvalue weighted by Gasteiger charge is 2.39. The Hall–Kier alpha value is -1.10. The second-order valence-corrected chi connectivity index (χ2v) is 5.04. The Kier molecular flexibility index (Phi) is 3.66. The Balaban J connectivity index is 1.94. The van der Waals surface area contributed by atoms with Crippen molar-refractivity contribution in [1.82, 2.24) is 4.90 Å². The van der Waals surface area contributed by atoms with Gasteiger partial charge in [0.1, 0.15) is 0 Å². The Labute approximate surface area is 101 Å². The predicted molar refractivity (Wildman–Crippen MR) is 62.1 cm³/mol. The minimum Gasteiger partial charge on any atom is -0.469 e. The van der Waals surface area contributed by atoms with Gasteiger partial charge in [0.25, 0.3) is 0 Å². The second kappa shape index (κ2) is 5.04. The van der Waals surface area contributed by atoms with Gasteiger partial charge in [-0.25, -0.2) is 0 Å². The molecular weight excluding hydrogens is 220 g/mol. The van der Waals surface area contributed by atoms with Gasteiger partial charge in [-0.2, -0.15) is 0 Å². The molecule has 1 aliphatic heterocycles. The van der Waals surface area contributed by atoms with Gasteiger partial charge in [0.15, 0.2) is 0 Å². The lowest BCUT2D eigenvalue weighted by Crippen LogP contribution is -2.42. The number of hydrogen-bond acceptors (Lipinski definition) is 4. The maximum atomic E-state index is 11.9. The molecular formula is C12H20N2O3. The van der Waals surface area contributed by atoms with Gasteiger partial charge in [-0.3, -0.25) is 9.59 Å². The summed E-state index contributed by atoms with van der Waals surface area (Å²) in [4.78, 5) is 25.1. The van der Waals surface area contributed by atoms with Crippen LogP contribution in [0.3, 0.4) is 0 Å². The zero-order chi connectivity index (χ0) is 12.4. The van der Waals surface area contributed by atoms with Crippen LogP contribution in [-0.4, -0.2) is 42.5 Å². The third-order valence-corrected chi connectivity index (χ3v) is 3.88. The van der Waals surface area contributed by atoms with Crippen LogP contribution in [0.2, 0.25) is 0 Å². The number of amides is 1. The molecule has 2 N–H and O–H groups in total. The summed E-state index contributed by atoms with van der Waals surface area (Å²) in [6, 6.07) is 0.553. The second-order valence-electron chi connectivity index (χ2n) is 5.04. The fourth-order valence-corrected chi connectivity index (χ4v) is 2.82. The average Bonchev–Trinajstić information content (AvgIpc) is 2.71. The van der Waals surface area contributed by atoms with E-state index in [9.17, 15) is 9.59 Å². The first-order valence-electron chi connectivity index (χ1n) is 6.24. The van der Waals surface area contributed by atoms with Crippen molar-refractivity contribution < 1.29 is 14.3 Å². The highest BCUT2D eigenvalue weighted by molar-refractivity contribution is 5.87. The molecule has 1 saturated heterocycles. The van der Waals surface area contributed by atoms with E-state index in [1.807, 2.05) is 4.90 Å². The van der Waals surface area contributed by atoms with Crippen molar-refractivity contribution in [2.24, 2.45) is 11.7 Å². The summed E-state index contributed by atoms with van der Waals surface area (Å²) < 4.78 is 4.70. The number of nitrogens with two attached hydrogens (primary N) is 1. The first-order chi connectivity index (χ1) is 8.11. The molecule has 1 atom stereocenters. The lowest BCUT2D eigenvalue weighted by Gasteiger charge is -2.33. The molecule has 1 heterocycles.